The van der Waals surface area contributed by atoms with Gasteiger partial charge in [-0.3, -0.25) is 14.7 Å². The summed E-state index contributed by atoms with van der Waals surface area (Å²) in [5.74, 6) is -0.0643. The second-order valence-corrected chi connectivity index (χ2v) is 8.11. The molecule has 1 heterocycles. The van der Waals surface area contributed by atoms with Crippen LogP contribution in [-0.2, 0) is 9.53 Å². The van der Waals surface area contributed by atoms with Crippen LogP contribution in [0.4, 0.5) is 10.6 Å². The number of hydrogen-bond acceptors (Lipinski definition) is 9. The summed E-state index contributed by atoms with van der Waals surface area (Å²) >= 11 is 0. The topological polar surface area (TPSA) is 146 Å². The quantitative estimate of drug-likeness (QED) is 0.367. The number of rotatable bonds is 9. The molecule has 12 nitrogen and oxygen atoms in total. The zero-order chi connectivity index (χ0) is 24.8. The SMILES string of the molecule is COc1cc(O)c(C=O)c(OCC(=O)Nc2cc(C3CC[C@@H](OC(=O)N(C)N(C)C)C3)[nH]n2)c1. The second-order valence-electron chi connectivity index (χ2n) is 8.11. The van der Waals surface area contributed by atoms with Crippen molar-refractivity contribution in [3.63, 3.8) is 0 Å². The maximum absolute atomic E-state index is 12.3. The zero-order valence-electron chi connectivity index (χ0n) is 19.5. The Hall–Kier alpha value is -3.80. The number of phenols is 1. The molecule has 0 spiro atoms. The van der Waals surface area contributed by atoms with Gasteiger partial charge in [-0.15, -0.1) is 0 Å². The average molecular weight is 476 g/mol. The van der Waals surface area contributed by atoms with Gasteiger partial charge in [-0.2, -0.15) is 5.10 Å². The number of aromatic nitrogens is 2. The summed E-state index contributed by atoms with van der Waals surface area (Å²) in [6, 6.07) is 4.41. The van der Waals surface area contributed by atoms with Gasteiger partial charge < -0.3 is 24.6 Å². The lowest BCUT2D eigenvalue weighted by molar-refractivity contribution is -0.118. The van der Waals surface area contributed by atoms with Gasteiger partial charge in [0.2, 0.25) is 0 Å². The fourth-order valence-electron chi connectivity index (χ4n) is 3.59. The molecule has 1 aromatic heterocycles. The fraction of sp³-hybridized carbons (Fsp3) is 0.455. The van der Waals surface area contributed by atoms with Crippen LogP contribution < -0.4 is 14.8 Å². The first kappa shape index (κ1) is 24.8. The van der Waals surface area contributed by atoms with Crippen LogP contribution in [0.25, 0.3) is 0 Å². The molecule has 0 saturated heterocycles. The van der Waals surface area contributed by atoms with Gasteiger partial charge in [0.15, 0.2) is 18.7 Å². The van der Waals surface area contributed by atoms with Crippen LogP contribution in [0.15, 0.2) is 18.2 Å². The first-order chi connectivity index (χ1) is 16.2. The van der Waals surface area contributed by atoms with Gasteiger partial charge in [0.05, 0.1) is 12.7 Å². The lowest BCUT2D eigenvalue weighted by Crippen LogP contribution is -2.40. The van der Waals surface area contributed by atoms with E-state index in [0.29, 0.717) is 18.5 Å². The Morgan fingerprint density at radius 2 is 2.03 bits per heavy atom. The number of nitrogens with one attached hydrogen (secondary N) is 2. The molecule has 2 aromatic rings. The van der Waals surface area contributed by atoms with Crippen molar-refractivity contribution in [2.45, 2.75) is 31.3 Å². The summed E-state index contributed by atoms with van der Waals surface area (Å²) in [5.41, 5.74) is 0.751. The Labute approximate surface area is 196 Å². The molecule has 3 rings (SSSR count). The predicted molar refractivity (Wildman–Crippen MR) is 121 cm³/mol. The molecule has 34 heavy (non-hydrogen) atoms. The van der Waals surface area contributed by atoms with Crippen LogP contribution in [0.5, 0.6) is 17.2 Å². The van der Waals surface area contributed by atoms with Gasteiger partial charge in [0.25, 0.3) is 5.91 Å². The standard InChI is InChI=1S/C22H29N5O7/c1-26(2)27(3)22(31)34-14-6-5-13(7-14)17-10-20(25-24-17)23-21(30)12-33-19-9-15(32-4)8-18(29)16(19)11-28/h8-11,13-14,29H,5-7,12H2,1-4H3,(H2,23,24,25,30)/t13?,14-/m1/s1. The number of carbonyl (C=O) groups excluding carboxylic acids is 3. The van der Waals surface area contributed by atoms with Crippen molar-refractivity contribution in [1.82, 2.24) is 20.2 Å². The lowest BCUT2D eigenvalue weighted by Gasteiger charge is -2.25. The van der Waals surface area contributed by atoms with Crippen LogP contribution in [0.3, 0.4) is 0 Å². The number of nitrogens with zero attached hydrogens (tertiary/aromatic N) is 3. The molecule has 3 N–H and O–H groups in total. The average Bonchev–Trinajstić information content (AvgIpc) is 3.46. The Bertz CT molecular complexity index is 1040. The summed E-state index contributed by atoms with van der Waals surface area (Å²) in [6.45, 7) is -0.406. The molecule has 1 aliphatic carbocycles. The number of amides is 2. The van der Waals surface area contributed by atoms with E-state index in [9.17, 15) is 19.5 Å². The van der Waals surface area contributed by atoms with Crippen molar-refractivity contribution in [2.75, 3.05) is 40.2 Å². The second kappa shape index (κ2) is 10.9. The molecule has 2 amide bonds. The molecule has 1 unspecified atom stereocenters. The minimum absolute atomic E-state index is 0.0242. The van der Waals surface area contributed by atoms with E-state index in [2.05, 4.69) is 15.5 Å². The first-order valence-corrected chi connectivity index (χ1v) is 10.7. The third kappa shape index (κ3) is 5.95. The van der Waals surface area contributed by atoms with E-state index in [0.717, 1.165) is 18.5 Å². The Morgan fingerprint density at radius 3 is 2.71 bits per heavy atom. The minimum Gasteiger partial charge on any atom is -0.507 e. The number of aromatic amines is 1. The van der Waals surface area contributed by atoms with E-state index in [4.69, 9.17) is 14.2 Å². The van der Waals surface area contributed by atoms with Crippen LogP contribution in [0.1, 0.15) is 41.2 Å². The van der Waals surface area contributed by atoms with Crippen LogP contribution in [0.2, 0.25) is 0 Å². The molecule has 2 atom stereocenters. The van der Waals surface area contributed by atoms with Crippen molar-refractivity contribution >= 4 is 24.1 Å². The third-order valence-electron chi connectivity index (χ3n) is 5.63. The Balaban J connectivity index is 1.53. The first-order valence-electron chi connectivity index (χ1n) is 10.7. The van der Waals surface area contributed by atoms with Crippen molar-refractivity contribution in [3.05, 3.63) is 29.5 Å². The van der Waals surface area contributed by atoms with E-state index in [1.807, 2.05) is 0 Å². The van der Waals surface area contributed by atoms with E-state index in [1.165, 1.54) is 24.3 Å². The van der Waals surface area contributed by atoms with Gasteiger partial charge >= 0.3 is 6.09 Å². The summed E-state index contributed by atoms with van der Waals surface area (Å²) in [6.07, 6.45) is 2.04. The molecular formula is C22H29N5O7. The summed E-state index contributed by atoms with van der Waals surface area (Å²) in [7, 11) is 6.55. The molecule has 1 aromatic carbocycles. The number of phenolic OH excluding ortho intramolecular Hbond substituents is 1. The number of ether oxygens (including phenoxy) is 3. The van der Waals surface area contributed by atoms with E-state index in [-0.39, 0.29) is 34.8 Å². The van der Waals surface area contributed by atoms with Crippen molar-refractivity contribution in [1.29, 1.82) is 0 Å². The third-order valence-corrected chi connectivity index (χ3v) is 5.63. The maximum atomic E-state index is 12.3. The molecule has 0 aliphatic heterocycles. The Kier molecular flexibility index (Phi) is 7.95. The zero-order valence-corrected chi connectivity index (χ0v) is 19.5. The minimum atomic E-state index is -0.498. The number of anilines is 1. The summed E-state index contributed by atoms with van der Waals surface area (Å²) < 4.78 is 16.0. The number of aldehydes is 1. The molecule has 1 aliphatic rings. The van der Waals surface area contributed by atoms with Crippen LogP contribution in [-0.4, -0.2) is 84.6 Å². The van der Waals surface area contributed by atoms with Gasteiger partial charge in [-0.25, -0.2) is 14.8 Å². The van der Waals surface area contributed by atoms with Crippen molar-refractivity contribution in [2.24, 2.45) is 0 Å². The number of hydrazine groups is 1. The number of H-pyrrole nitrogens is 1. The van der Waals surface area contributed by atoms with Gasteiger partial charge in [0.1, 0.15) is 23.4 Å². The van der Waals surface area contributed by atoms with E-state index >= 15 is 0 Å². The number of carbonyl (C=O) groups is 3. The van der Waals surface area contributed by atoms with Gasteiger partial charge in [0, 0.05) is 51.0 Å². The predicted octanol–water partition coefficient (Wildman–Crippen LogP) is 2.13. The normalized spacial score (nSPS) is 17.3. The molecule has 1 saturated carbocycles. The van der Waals surface area contributed by atoms with Gasteiger partial charge in [-0.1, -0.05) is 0 Å². The Morgan fingerprint density at radius 1 is 1.26 bits per heavy atom. The highest BCUT2D eigenvalue weighted by atomic mass is 16.6. The molecule has 0 radical (unpaired) electrons. The molecule has 1 fully saturated rings. The van der Waals surface area contributed by atoms with Crippen molar-refractivity contribution < 1.29 is 33.7 Å². The highest BCUT2D eigenvalue weighted by Crippen LogP contribution is 2.36. The van der Waals surface area contributed by atoms with Crippen LogP contribution >= 0.6 is 0 Å². The number of aromatic hydroxyl groups is 1. The lowest BCUT2D eigenvalue weighted by atomic mass is 10.0. The number of benzene rings is 1. The van der Waals surface area contributed by atoms with Crippen LogP contribution in [0, 0.1) is 0 Å². The van der Waals surface area contributed by atoms with E-state index < -0.39 is 18.6 Å². The van der Waals surface area contributed by atoms with Gasteiger partial charge in [-0.05, 0) is 19.3 Å². The molecule has 184 valence electrons. The largest absolute Gasteiger partial charge is 0.507 e. The highest BCUT2D eigenvalue weighted by molar-refractivity contribution is 5.91. The smallest absolute Gasteiger partial charge is 0.424 e. The maximum Gasteiger partial charge on any atom is 0.424 e. The molecule has 12 heteroatoms. The monoisotopic (exact) mass is 475 g/mol. The molecule has 0 bridgehead atoms. The number of hydrogen-bond donors (Lipinski definition) is 3. The fourth-order valence-corrected chi connectivity index (χ4v) is 3.59. The molecular weight excluding hydrogens is 446 g/mol. The number of methoxy groups -OCH3 is 1. The summed E-state index contributed by atoms with van der Waals surface area (Å²) in [4.78, 5) is 35.6. The van der Waals surface area contributed by atoms with Crippen molar-refractivity contribution in [3.8, 4) is 17.2 Å². The highest BCUT2D eigenvalue weighted by Gasteiger charge is 2.31. The summed E-state index contributed by atoms with van der Waals surface area (Å²) in [5, 5.41) is 22.6. The van der Waals surface area contributed by atoms with E-state index in [1.54, 1.807) is 32.2 Å².